The van der Waals surface area contributed by atoms with Crippen molar-refractivity contribution in [3.8, 4) is 0 Å². The maximum absolute atomic E-state index is 4.76. The van der Waals surface area contributed by atoms with Crippen LogP contribution < -0.4 is 5.32 Å². The van der Waals surface area contributed by atoms with Crippen molar-refractivity contribution in [3.05, 3.63) is 48.0 Å². The second kappa shape index (κ2) is 12.7. The Balaban J connectivity index is 0.00000338. The minimum atomic E-state index is 0. The molecule has 0 aliphatic rings. The van der Waals surface area contributed by atoms with Crippen molar-refractivity contribution in [2.45, 2.75) is 46.2 Å². The normalized spacial score (nSPS) is 11.1. The Hall–Kier alpha value is -1.64. The number of rotatable bonds is 9. The molecule has 7 heteroatoms. The molecular formula is C19H31IN6. The van der Waals surface area contributed by atoms with Gasteiger partial charge in [0.05, 0.1) is 0 Å². The second-order valence-corrected chi connectivity index (χ2v) is 6.12. The molecule has 2 rings (SSSR count). The summed E-state index contributed by atoms with van der Waals surface area (Å²) in [7, 11) is 2.08. The van der Waals surface area contributed by atoms with E-state index in [-0.39, 0.29) is 24.0 Å². The van der Waals surface area contributed by atoms with E-state index in [2.05, 4.69) is 70.1 Å². The quantitative estimate of drug-likeness (QED) is 0.265. The fourth-order valence-corrected chi connectivity index (χ4v) is 2.61. The molecule has 0 saturated carbocycles. The smallest absolute Gasteiger partial charge is 0.194 e. The van der Waals surface area contributed by atoms with Crippen molar-refractivity contribution in [2.75, 3.05) is 20.1 Å². The molecule has 0 unspecified atom stereocenters. The van der Waals surface area contributed by atoms with Crippen LogP contribution in [0.3, 0.4) is 0 Å². The van der Waals surface area contributed by atoms with Gasteiger partial charge in [-0.2, -0.15) is 0 Å². The van der Waals surface area contributed by atoms with Crippen LogP contribution in [0.1, 0.15) is 38.1 Å². The van der Waals surface area contributed by atoms with Crippen LogP contribution in [0.25, 0.3) is 0 Å². The molecule has 2 aromatic rings. The average molecular weight is 470 g/mol. The summed E-state index contributed by atoms with van der Waals surface area (Å²) in [4.78, 5) is 6.94. The third kappa shape index (κ3) is 7.31. The van der Waals surface area contributed by atoms with Gasteiger partial charge in [-0.05, 0) is 12.0 Å². The predicted molar refractivity (Wildman–Crippen MR) is 118 cm³/mol. The molecule has 1 aromatic heterocycles. The maximum atomic E-state index is 4.76. The van der Waals surface area contributed by atoms with Crippen LogP contribution in [-0.4, -0.2) is 45.8 Å². The number of hydrogen-bond donors (Lipinski definition) is 1. The summed E-state index contributed by atoms with van der Waals surface area (Å²) < 4.78 is 2.09. The van der Waals surface area contributed by atoms with Crippen LogP contribution in [0, 0.1) is 0 Å². The third-order valence-corrected chi connectivity index (χ3v) is 4.05. The van der Waals surface area contributed by atoms with Gasteiger partial charge in [0.2, 0.25) is 0 Å². The molecule has 144 valence electrons. The van der Waals surface area contributed by atoms with Crippen molar-refractivity contribution in [3.63, 3.8) is 0 Å². The first kappa shape index (κ1) is 22.4. The summed E-state index contributed by atoms with van der Waals surface area (Å²) in [6.07, 6.45) is 4.95. The van der Waals surface area contributed by atoms with Crippen LogP contribution in [-0.2, 0) is 19.5 Å². The summed E-state index contributed by atoms with van der Waals surface area (Å²) in [6, 6.07) is 10.5. The number of nitrogens with zero attached hydrogens (tertiary/aromatic N) is 5. The number of guanidine groups is 1. The molecule has 0 spiro atoms. The summed E-state index contributed by atoms with van der Waals surface area (Å²) in [5.74, 6) is 1.97. The highest BCUT2D eigenvalue weighted by Crippen LogP contribution is 2.03. The highest BCUT2D eigenvalue weighted by molar-refractivity contribution is 14.0. The molecule has 0 atom stereocenters. The molecule has 0 saturated heterocycles. The first-order chi connectivity index (χ1) is 12.2. The maximum Gasteiger partial charge on any atom is 0.194 e. The minimum Gasteiger partial charge on any atom is -0.354 e. The zero-order valence-corrected chi connectivity index (χ0v) is 18.4. The van der Waals surface area contributed by atoms with Crippen molar-refractivity contribution < 1.29 is 0 Å². The van der Waals surface area contributed by atoms with Gasteiger partial charge in [0.25, 0.3) is 0 Å². The number of aliphatic imine (C=N–C) groups is 1. The van der Waals surface area contributed by atoms with Gasteiger partial charge in [0.1, 0.15) is 12.2 Å². The lowest BCUT2D eigenvalue weighted by atomic mass is 10.2. The van der Waals surface area contributed by atoms with Gasteiger partial charge in [-0.3, -0.25) is 4.99 Å². The van der Waals surface area contributed by atoms with E-state index in [0.717, 1.165) is 57.2 Å². The lowest BCUT2D eigenvalue weighted by molar-refractivity contribution is 0.470. The summed E-state index contributed by atoms with van der Waals surface area (Å²) in [5, 5.41) is 11.6. The second-order valence-electron chi connectivity index (χ2n) is 6.12. The fourth-order valence-electron chi connectivity index (χ4n) is 2.61. The molecule has 0 radical (unpaired) electrons. The predicted octanol–water partition coefficient (Wildman–Crippen LogP) is 3.34. The van der Waals surface area contributed by atoms with E-state index in [1.165, 1.54) is 5.56 Å². The highest BCUT2D eigenvalue weighted by atomic mass is 127. The van der Waals surface area contributed by atoms with Crippen LogP contribution in [0.5, 0.6) is 0 Å². The molecular weight excluding hydrogens is 439 g/mol. The monoisotopic (exact) mass is 470 g/mol. The SMILES string of the molecule is CCCCN=C(NCCn1cnnc1CC)N(C)Cc1ccccc1.I. The van der Waals surface area contributed by atoms with E-state index in [1.54, 1.807) is 6.33 Å². The van der Waals surface area contributed by atoms with Crippen molar-refractivity contribution in [1.29, 1.82) is 0 Å². The molecule has 6 nitrogen and oxygen atoms in total. The van der Waals surface area contributed by atoms with Crippen LogP contribution in [0.2, 0.25) is 0 Å². The first-order valence-electron chi connectivity index (χ1n) is 9.14. The zero-order valence-electron chi connectivity index (χ0n) is 16.1. The largest absolute Gasteiger partial charge is 0.354 e. The Labute approximate surface area is 174 Å². The van der Waals surface area contributed by atoms with E-state index in [0.29, 0.717) is 0 Å². The molecule has 1 heterocycles. The van der Waals surface area contributed by atoms with Crippen molar-refractivity contribution >= 4 is 29.9 Å². The Morgan fingerprint density at radius 3 is 2.69 bits per heavy atom. The molecule has 0 aliphatic heterocycles. The molecule has 0 fully saturated rings. The van der Waals surface area contributed by atoms with Crippen molar-refractivity contribution in [1.82, 2.24) is 25.0 Å². The Morgan fingerprint density at radius 2 is 2.00 bits per heavy atom. The number of benzene rings is 1. The third-order valence-electron chi connectivity index (χ3n) is 4.05. The Morgan fingerprint density at radius 1 is 1.23 bits per heavy atom. The summed E-state index contributed by atoms with van der Waals surface area (Å²) in [6.45, 7) is 7.61. The van der Waals surface area contributed by atoms with Gasteiger partial charge in [0, 0.05) is 39.6 Å². The van der Waals surface area contributed by atoms with Gasteiger partial charge >= 0.3 is 0 Å². The number of halogens is 1. The lowest BCUT2D eigenvalue weighted by Gasteiger charge is -2.23. The minimum absolute atomic E-state index is 0. The molecule has 1 aromatic carbocycles. The van der Waals surface area contributed by atoms with Crippen LogP contribution in [0.4, 0.5) is 0 Å². The number of nitrogens with one attached hydrogen (secondary N) is 1. The lowest BCUT2D eigenvalue weighted by Crippen LogP contribution is -2.40. The molecule has 1 N–H and O–H groups in total. The number of unbranched alkanes of at least 4 members (excludes halogenated alkanes) is 1. The Bertz CT molecular complexity index is 640. The zero-order chi connectivity index (χ0) is 17.9. The van der Waals surface area contributed by atoms with Crippen molar-refractivity contribution in [2.24, 2.45) is 4.99 Å². The molecule has 0 bridgehead atoms. The number of hydrogen-bond acceptors (Lipinski definition) is 3. The summed E-state index contributed by atoms with van der Waals surface area (Å²) >= 11 is 0. The molecule has 0 aliphatic carbocycles. The van der Waals surface area contributed by atoms with Gasteiger partial charge < -0.3 is 14.8 Å². The van der Waals surface area contributed by atoms with Gasteiger partial charge in [0.15, 0.2) is 5.96 Å². The van der Waals surface area contributed by atoms with E-state index in [4.69, 9.17) is 4.99 Å². The topological polar surface area (TPSA) is 58.3 Å². The molecule has 0 amide bonds. The standard InChI is InChI=1S/C19H30N6.HI/c1-4-6-12-20-19(24(3)15-17-10-8-7-9-11-17)21-13-14-25-16-22-23-18(25)5-2;/h7-11,16H,4-6,12-15H2,1-3H3,(H,20,21);1H. The summed E-state index contributed by atoms with van der Waals surface area (Å²) in [5.41, 5.74) is 1.28. The highest BCUT2D eigenvalue weighted by Gasteiger charge is 2.08. The number of aryl methyl sites for hydroxylation is 1. The van der Waals surface area contributed by atoms with Gasteiger partial charge in [-0.25, -0.2) is 0 Å². The van der Waals surface area contributed by atoms with E-state index >= 15 is 0 Å². The van der Waals surface area contributed by atoms with E-state index in [1.807, 2.05) is 6.07 Å². The number of aromatic nitrogens is 3. The van der Waals surface area contributed by atoms with Gasteiger partial charge in [-0.1, -0.05) is 50.6 Å². The van der Waals surface area contributed by atoms with E-state index < -0.39 is 0 Å². The first-order valence-corrected chi connectivity index (χ1v) is 9.14. The van der Waals surface area contributed by atoms with E-state index in [9.17, 15) is 0 Å². The Kier molecular flexibility index (Phi) is 10.9. The van der Waals surface area contributed by atoms with Crippen LogP contribution >= 0.6 is 24.0 Å². The average Bonchev–Trinajstić information content (AvgIpc) is 3.09. The van der Waals surface area contributed by atoms with Gasteiger partial charge in [-0.15, -0.1) is 34.2 Å². The van der Waals surface area contributed by atoms with Crippen LogP contribution in [0.15, 0.2) is 41.7 Å². The fraction of sp³-hybridized carbons (Fsp3) is 0.526. The molecule has 26 heavy (non-hydrogen) atoms.